The van der Waals surface area contributed by atoms with E-state index in [4.69, 9.17) is 0 Å². The first-order valence-corrected chi connectivity index (χ1v) is 8.82. The molecule has 0 aliphatic carbocycles. The topological polar surface area (TPSA) is 54.5 Å². The van der Waals surface area contributed by atoms with Gasteiger partial charge in [0.2, 0.25) is 0 Å². The van der Waals surface area contributed by atoms with E-state index < -0.39 is 9.84 Å². The van der Waals surface area contributed by atoms with Gasteiger partial charge in [-0.15, -0.1) is 0 Å². The summed E-state index contributed by atoms with van der Waals surface area (Å²) in [5.41, 5.74) is 1.39. The Morgan fingerprint density at radius 2 is 1.68 bits per heavy atom. The SMILES string of the molecule is C[C@@H](c1ccccc1)N(C)C(=O)c1cccc(S(C)(=O)=O)c1. The summed E-state index contributed by atoms with van der Waals surface area (Å²) in [4.78, 5) is 14.3. The molecule has 0 fully saturated rings. The summed E-state index contributed by atoms with van der Waals surface area (Å²) < 4.78 is 23.2. The van der Waals surface area contributed by atoms with Crippen molar-refractivity contribution in [3.8, 4) is 0 Å². The largest absolute Gasteiger partial charge is 0.335 e. The monoisotopic (exact) mass is 317 g/mol. The van der Waals surface area contributed by atoms with Gasteiger partial charge < -0.3 is 4.90 Å². The number of hydrogen-bond acceptors (Lipinski definition) is 3. The van der Waals surface area contributed by atoms with Gasteiger partial charge in [0.15, 0.2) is 9.84 Å². The van der Waals surface area contributed by atoms with Crippen LogP contribution in [0.2, 0.25) is 0 Å². The van der Waals surface area contributed by atoms with Crippen LogP contribution in [0, 0.1) is 0 Å². The molecule has 0 spiro atoms. The van der Waals surface area contributed by atoms with Gasteiger partial charge in [-0.25, -0.2) is 8.42 Å². The van der Waals surface area contributed by atoms with Gasteiger partial charge >= 0.3 is 0 Å². The van der Waals surface area contributed by atoms with Gasteiger partial charge in [0.25, 0.3) is 5.91 Å². The molecule has 0 saturated heterocycles. The smallest absolute Gasteiger partial charge is 0.254 e. The molecular formula is C17H19NO3S. The van der Waals surface area contributed by atoms with Gasteiger partial charge in [-0.3, -0.25) is 4.79 Å². The van der Waals surface area contributed by atoms with Gasteiger partial charge in [0.05, 0.1) is 10.9 Å². The Hall–Kier alpha value is -2.14. The summed E-state index contributed by atoms with van der Waals surface area (Å²) in [7, 11) is -1.61. The molecule has 2 aromatic rings. The fourth-order valence-corrected chi connectivity index (χ4v) is 2.86. The van der Waals surface area contributed by atoms with Crippen molar-refractivity contribution in [2.75, 3.05) is 13.3 Å². The maximum atomic E-state index is 12.6. The standard InChI is InChI=1S/C17H19NO3S/c1-13(14-8-5-4-6-9-14)18(2)17(19)15-10-7-11-16(12-15)22(3,20)21/h4-13H,1-3H3/t13-/m0/s1. The molecule has 4 nitrogen and oxygen atoms in total. The van der Waals surface area contributed by atoms with E-state index in [-0.39, 0.29) is 16.8 Å². The van der Waals surface area contributed by atoms with Crippen molar-refractivity contribution < 1.29 is 13.2 Å². The van der Waals surface area contributed by atoms with Crippen LogP contribution in [-0.4, -0.2) is 32.5 Å². The molecule has 0 aromatic heterocycles. The van der Waals surface area contributed by atoms with Crippen LogP contribution in [-0.2, 0) is 9.84 Å². The molecule has 0 N–H and O–H groups in total. The van der Waals surface area contributed by atoms with E-state index in [1.54, 1.807) is 24.1 Å². The van der Waals surface area contributed by atoms with Crippen LogP contribution >= 0.6 is 0 Å². The maximum Gasteiger partial charge on any atom is 0.254 e. The number of nitrogens with zero attached hydrogens (tertiary/aromatic N) is 1. The van der Waals surface area contributed by atoms with E-state index in [9.17, 15) is 13.2 Å². The van der Waals surface area contributed by atoms with Crippen molar-refractivity contribution in [3.05, 3.63) is 65.7 Å². The Morgan fingerprint density at radius 3 is 2.27 bits per heavy atom. The number of rotatable bonds is 4. The average molecular weight is 317 g/mol. The Morgan fingerprint density at radius 1 is 1.05 bits per heavy atom. The van der Waals surface area contributed by atoms with Crippen molar-refractivity contribution in [3.63, 3.8) is 0 Å². The summed E-state index contributed by atoms with van der Waals surface area (Å²) in [6.45, 7) is 1.94. The summed E-state index contributed by atoms with van der Waals surface area (Å²) >= 11 is 0. The van der Waals surface area contributed by atoms with Crippen LogP contribution in [0.5, 0.6) is 0 Å². The molecule has 22 heavy (non-hydrogen) atoms. The van der Waals surface area contributed by atoms with E-state index in [2.05, 4.69) is 0 Å². The van der Waals surface area contributed by atoms with Gasteiger partial charge in [0.1, 0.15) is 0 Å². The minimum absolute atomic E-state index is 0.101. The molecule has 1 atom stereocenters. The molecule has 0 saturated carbocycles. The highest BCUT2D eigenvalue weighted by atomic mass is 32.2. The lowest BCUT2D eigenvalue weighted by molar-refractivity contribution is 0.0742. The number of sulfone groups is 1. The molecule has 0 aliphatic rings. The van der Waals surface area contributed by atoms with Crippen molar-refractivity contribution >= 4 is 15.7 Å². The lowest BCUT2D eigenvalue weighted by Crippen LogP contribution is -2.29. The lowest BCUT2D eigenvalue weighted by Gasteiger charge is -2.25. The van der Waals surface area contributed by atoms with E-state index in [0.717, 1.165) is 11.8 Å². The highest BCUT2D eigenvalue weighted by molar-refractivity contribution is 7.90. The Balaban J connectivity index is 2.28. The number of carbonyl (C=O) groups excluding carboxylic acids is 1. The third kappa shape index (κ3) is 3.54. The zero-order valence-corrected chi connectivity index (χ0v) is 13.7. The van der Waals surface area contributed by atoms with Crippen molar-refractivity contribution in [1.29, 1.82) is 0 Å². The van der Waals surface area contributed by atoms with Crippen molar-refractivity contribution in [1.82, 2.24) is 4.90 Å². The minimum atomic E-state index is -3.33. The minimum Gasteiger partial charge on any atom is -0.335 e. The zero-order chi connectivity index (χ0) is 16.3. The number of benzene rings is 2. The molecule has 0 heterocycles. The van der Waals surface area contributed by atoms with Crippen LogP contribution in [0.25, 0.3) is 0 Å². The summed E-state index contributed by atoms with van der Waals surface area (Å²) in [6.07, 6.45) is 1.13. The third-order valence-electron chi connectivity index (χ3n) is 3.69. The number of amides is 1. The van der Waals surface area contributed by atoms with Gasteiger partial charge in [-0.05, 0) is 30.7 Å². The van der Waals surface area contributed by atoms with Crippen LogP contribution < -0.4 is 0 Å². The Kier molecular flexibility index (Phi) is 4.66. The fraction of sp³-hybridized carbons (Fsp3) is 0.235. The summed E-state index contributed by atoms with van der Waals surface area (Å²) in [5, 5.41) is 0. The summed E-state index contributed by atoms with van der Waals surface area (Å²) in [5.74, 6) is -0.207. The highest BCUT2D eigenvalue weighted by Gasteiger charge is 2.20. The fourth-order valence-electron chi connectivity index (χ4n) is 2.19. The number of hydrogen-bond donors (Lipinski definition) is 0. The first kappa shape index (κ1) is 16.2. The molecule has 2 rings (SSSR count). The van der Waals surface area contributed by atoms with E-state index in [1.807, 2.05) is 37.3 Å². The second kappa shape index (κ2) is 6.32. The predicted octanol–water partition coefficient (Wildman–Crippen LogP) is 2.92. The maximum absolute atomic E-state index is 12.6. The zero-order valence-electron chi connectivity index (χ0n) is 12.9. The lowest BCUT2D eigenvalue weighted by atomic mass is 10.1. The van der Waals surface area contributed by atoms with E-state index in [0.29, 0.717) is 5.56 Å². The predicted molar refractivity (Wildman–Crippen MR) is 86.5 cm³/mol. The first-order chi connectivity index (χ1) is 10.3. The van der Waals surface area contributed by atoms with Gasteiger partial charge in [0, 0.05) is 18.9 Å². The first-order valence-electron chi connectivity index (χ1n) is 6.93. The molecular weight excluding hydrogens is 298 g/mol. The van der Waals surface area contributed by atoms with E-state index in [1.165, 1.54) is 12.1 Å². The van der Waals surface area contributed by atoms with Crippen LogP contribution in [0.1, 0.15) is 28.9 Å². The molecule has 1 amide bonds. The number of carbonyl (C=O) groups is 1. The molecule has 0 bridgehead atoms. The van der Waals surface area contributed by atoms with Crippen LogP contribution in [0.3, 0.4) is 0 Å². The van der Waals surface area contributed by atoms with Crippen molar-refractivity contribution in [2.24, 2.45) is 0 Å². The molecule has 0 radical (unpaired) electrons. The second-order valence-corrected chi connectivity index (χ2v) is 7.32. The highest BCUT2D eigenvalue weighted by Crippen LogP contribution is 2.21. The molecule has 5 heteroatoms. The normalized spacial score (nSPS) is 12.7. The summed E-state index contributed by atoms with van der Waals surface area (Å²) in [6, 6.07) is 15.7. The molecule has 2 aromatic carbocycles. The van der Waals surface area contributed by atoms with E-state index >= 15 is 0 Å². The average Bonchev–Trinajstić information content (AvgIpc) is 2.53. The third-order valence-corrected chi connectivity index (χ3v) is 4.80. The van der Waals surface area contributed by atoms with Crippen molar-refractivity contribution in [2.45, 2.75) is 17.9 Å². The van der Waals surface area contributed by atoms with Gasteiger partial charge in [-0.1, -0.05) is 36.4 Å². The van der Waals surface area contributed by atoms with Crippen LogP contribution in [0.4, 0.5) is 0 Å². The molecule has 0 unspecified atom stereocenters. The van der Waals surface area contributed by atoms with Gasteiger partial charge in [-0.2, -0.15) is 0 Å². The Bertz CT molecular complexity index is 770. The molecule has 116 valence electrons. The Labute approximate surface area is 131 Å². The molecule has 0 aliphatic heterocycles. The quantitative estimate of drug-likeness (QED) is 0.871. The second-order valence-electron chi connectivity index (χ2n) is 5.30. The van der Waals surface area contributed by atoms with Crippen LogP contribution in [0.15, 0.2) is 59.5 Å².